The van der Waals surface area contributed by atoms with E-state index in [4.69, 9.17) is 4.74 Å². The van der Waals surface area contributed by atoms with E-state index >= 15 is 0 Å². The van der Waals surface area contributed by atoms with Gasteiger partial charge in [0.2, 0.25) is 0 Å². The van der Waals surface area contributed by atoms with Crippen molar-refractivity contribution in [2.45, 2.75) is 40.3 Å². The van der Waals surface area contributed by atoms with Gasteiger partial charge in [-0.3, -0.25) is 9.48 Å². The van der Waals surface area contributed by atoms with Gasteiger partial charge in [0.15, 0.2) is 0 Å². The van der Waals surface area contributed by atoms with Gasteiger partial charge in [-0.25, -0.2) is 4.79 Å². The number of nitrogens with one attached hydrogen (secondary N) is 2. The molecule has 124 valence electrons. The smallest absolute Gasteiger partial charge is 0.340 e. The molecule has 7 nitrogen and oxygen atoms in total. The molecule has 0 aliphatic carbocycles. The standard InChI is InChI=1S/C16H22N4O3/c1-5-23-16(22)13-11(3)14(19-12(13)4)15(21)18-10(2)9-20-8-6-7-17-20/h6-8,10,19H,5,9H2,1-4H3,(H,18,21)/t10-/m1/s1. The topological polar surface area (TPSA) is 89.0 Å². The number of hydrogen-bond acceptors (Lipinski definition) is 4. The van der Waals surface area contributed by atoms with E-state index in [-0.39, 0.29) is 11.9 Å². The van der Waals surface area contributed by atoms with Crippen molar-refractivity contribution in [3.8, 4) is 0 Å². The van der Waals surface area contributed by atoms with Crippen LogP contribution in [0, 0.1) is 13.8 Å². The van der Waals surface area contributed by atoms with Crippen molar-refractivity contribution >= 4 is 11.9 Å². The van der Waals surface area contributed by atoms with Crippen molar-refractivity contribution in [1.82, 2.24) is 20.1 Å². The molecule has 2 aromatic rings. The second kappa shape index (κ2) is 7.13. The predicted octanol–water partition coefficient (Wildman–Crippen LogP) is 1.82. The Hall–Kier alpha value is -2.57. The zero-order valence-corrected chi connectivity index (χ0v) is 13.8. The second-order valence-electron chi connectivity index (χ2n) is 5.45. The van der Waals surface area contributed by atoms with Crippen molar-refractivity contribution in [3.05, 3.63) is 41.0 Å². The fourth-order valence-corrected chi connectivity index (χ4v) is 2.52. The maximum Gasteiger partial charge on any atom is 0.340 e. The maximum absolute atomic E-state index is 12.4. The van der Waals surface area contributed by atoms with E-state index in [9.17, 15) is 9.59 Å². The third-order valence-corrected chi connectivity index (χ3v) is 3.54. The Kier molecular flexibility index (Phi) is 5.20. The summed E-state index contributed by atoms with van der Waals surface area (Å²) in [5, 5.41) is 7.02. The summed E-state index contributed by atoms with van der Waals surface area (Å²) in [4.78, 5) is 27.4. The van der Waals surface area contributed by atoms with Crippen LogP contribution in [-0.4, -0.2) is 39.3 Å². The van der Waals surface area contributed by atoms with Gasteiger partial charge in [0.05, 0.1) is 18.7 Å². The highest BCUT2D eigenvalue weighted by Crippen LogP contribution is 2.19. The number of ether oxygens (including phenoxy) is 1. The van der Waals surface area contributed by atoms with Gasteiger partial charge >= 0.3 is 5.97 Å². The van der Waals surface area contributed by atoms with Gasteiger partial charge in [0, 0.05) is 24.1 Å². The summed E-state index contributed by atoms with van der Waals surface area (Å²) in [6, 6.07) is 1.73. The van der Waals surface area contributed by atoms with Crippen LogP contribution in [-0.2, 0) is 11.3 Å². The van der Waals surface area contributed by atoms with E-state index in [1.807, 2.05) is 19.2 Å². The normalized spacial score (nSPS) is 12.0. The van der Waals surface area contributed by atoms with Crippen LogP contribution in [0.5, 0.6) is 0 Å². The van der Waals surface area contributed by atoms with E-state index in [2.05, 4.69) is 15.4 Å². The molecule has 1 amide bonds. The largest absolute Gasteiger partial charge is 0.462 e. The van der Waals surface area contributed by atoms with Crippen molar-refractivity contribution < 1.29 is 14.3 Å². The third kappa shape index (κ3) is 3.80. The van der Waals surface area contributed by atoms with Gasteiger partial charge in [-0.15, -0.1) is 0 Å². The Labute approximate surface area is 135 Å². The molecule has 2 rings (SSSR count). The molecule has 0 aliphatic rings. The van der Waals surface area contributed by atoms with Gasteiger partial charge in [0.25, 0.3) is 5.91 Å². The molecular weight excluding hydrogens is 296 g/mol. The van der Waals surface area contributed by atoms with E-state index < -0.39 is 5.97 Å². The van der Waals surface area contributed by atoms with Gasteiger partial charge < -0.3 is 15.0 Å². The Bertz CT molecular complexity index is 688. The highest BCUT2D eigenvalue weighted by molar-refractivity contribution is 6.00. The molecule has 2 aromatic heterocycles. The van der Waals surface area contributed by atoms with Crippen LogP contribution in [0.4, 0.5) is 0 Å². The average Bonchev–Trinajstić information content (AvgIpc) is 3.07. The quantitative estimate of drug-likeness (QED) is 0.795. The van der Waals surface area contributed by atoms with Crippen molar-refractivity contribution in [1.29, 1.82) is 0 Å². The minimum atomic E-state index is -0.414. The molecule has 0 spiro atoms. The number of aromatic nitrogens is 3. The van der Waals surface area contributed by atoms with Crippen LogP contribution in [0.1, 0.15) is 46.0 Å². The predicted molar refractivity (Wildman–Crippen MR) is 85.4 cm³/mol. The lowest BCUT2D eigenvalue weighted by atomic mass is 10.1. The number of hydrogen-bond donors (Lipinski definition) is 2. The van der Waals surface area contributed by atoms with E-state index in [1.165, 1.54) is 0 Å². The minimum absolute atomic E-state index is 0.101. The number of carbonyl (C=O) groups is 2. The maximum atomic E-state index is 12.4. The summed E-state index contributed by atoms with van der Waals surface area (Å²) in [5.74, 6) is -0.664. The Balaban J connectivity index is 2.10. The number of H-pyrrole nitrogens is 1. The van der Waals surface area contributed by atoms with Crippen LogP contribution in [0.15, 0.2) is 18.5 Å². The molecule has 0 aliphatic heterocycles. The number of nitrogens with zero attached hydrogens (tertiary/aromatic N) is 2. The highest BCUT2D eigenvalue weighted by Gasteiger charge is 2.23. The summed E-state index contributed by atoms with van der Waals surface area (Å²) < 4.78 is 6.78. The molecule has 2 N–H and O–H groups in total. The monoisotopic (exact) mass is 318 g/mol. The number of carbonyl (C=O) groups excluding carboxylic acids is 2. The van der Waals surface area contributed by atoms with Crippen LogP contribution in [0.2, 0.25) is 0 Å². The molecule has 0 bridgehead atoms. The van der Waals surface area contributed by atoms with E-state index in [1.54, 1.807) is 31.6 Å². The van der Waals surface area contributed by atoms with Crippen LogP contribution in [0.25, 0.3) is 0 Å². The summed E-state index contributed by atoms with van der Waals surface area (Å²) in [5.41, 5.74) is 2.05. The highest BCUT2D eigenvalue weighted by atomic mass is 16.5. The number of esters is 1. The van der Waals surface area contributed by atoms with Crippen LogP contribution >= 0.6 is 0 Å². The molecule has 0 fully saturated rings. The second-order valence-corrected chi connectivity index (χ2v) is 5.45. The van der Waals surface area contributed by atoms with E-state index in [0.29, 0.717) is 35.7 Å². The zero-order chi connectivity index (χ0) is 17.0. The fraction of sp³-hybridized carbons (Fsp3) is 0.438. The molecule has 1 atom stereocenters. The van der Waals surface area contributed by atoms with Crippen molar-refractivity contribution in [2.24, 2.45) is 0 Å². The van der Waals surface area contributed by atoms with Crippen molar-refractivity contribution in [2.75, 3.05) is 6.61 Å². The van der Waals surface area contributed by atoms with Crippen LogP contribution in [0.3, 0.4) is 0 Å². The number of rotatable bonds is 6. The first kappa shape index (κ1) is 16.8. The molecular formula is C16H22N4O3. The third-order valence-electron chi connectivity index (χ3n) is 3.54. The first-order chi connectivity index (χ1) is 10.9. The Morgan fingerprint density at radius 2 is 2.17 bits per heavy atom. The van der Waals surface area contributed by atoms with Gasteiger partial charge in [-0.2, -0.15) is 5.10 Å². The summed E-state index contributed by atoms with van der Waals surface area (Å²) >= 11 is 0. The Morgan fingerprint density at radius 1 is 1.43 bits per heavy atom. The van der Waals surface area contributed by atoms with E-state index in [0.717, 1.165) is 0 Å². The molecule has 0 radical (unpaired) electrons. The number of aryl methyl sites for hydroxylation is 1. The molecule has 0 saturated carbocycles. The van der Waals surface area contributed by atoms with Gasteiger partial charge in [-0.05, 0) is 39.3 Å². The number of aromatic amines is 1. The number of amides is 1. The molecule has 0 saturated heterocycles. The summed E-state index contributed by atoms with van der Waals surface area (Å²) in [7, 11) is 0. The fourth-order valence-electron chi connectivity index (χ4n) is 2.52. The first-order valence-electron chi connectivity index (χ1n) is 7.58. The molecule has 23 heavy (non-hydrogen) atoms. The van der Waals surface area contributed by atoms with Gasteiger partial charge in [-0.1, -0.05) is 0 Å². The van der Waals surface area contributed by atoms with Crippen LogP contribution < -0.4 is 5.32 Å². The lowest BCUT2D eigenvalue weighted by molar-refractivity contribution is 0.0525. The first-order valence-corrected chi connectivity index (χ1v) is 7.58. The molecule has 7 heteroatoms. The van der Waals surface area contributed by atoms with Gasteiger partial charge in [0.1, 0.15) is 5.69 Å². The SMILES string of the molecule is CCOC(=O)c1c(C)[nH]c(C(=O)N[C@H](C)Cn2cccn2)c1C. The minimum Gasteiger partial charge on any atom is -0.462 e. The summed E-state index contributed by atoms with van der Waals surface area (Å²) in [6.45, 7) is 8.01. The Morgan fingerprint density at radius 3 is 2.78 bits per heavy atom. The van der Waals surface area contributed by atoms with Crippen molar-refractivity contribution in [3.63, 3.8) is 0 Å². The lowest BCUT2D eigenvalue weighted by Gasteiger charge is -2.13. The summed E-state index contributed by atoms with van der Waals surface area (Å²) in [6.07, 6.45) is 3.53. The molecule has 0 aromatic carbocycles. The molecule has 0 unspecified atom stereocenters. The molecule has 2 heterocycles. The zero-order valence-electron chi connectivity index (χ0n) is 13.8. The average molecular weight is 318 g/mol. The lowest BCUT2D eigenvalue weighted by Crippen LogP contribution is -2.36.